The summed E-state index contributed by atoms with van der Waals surface area (Å²) in [6, 6.07) is 3.52. The fourth-order valence-corrected chi connectivity index (χ4v) is 3.37. The van der Waals surface area contributed by atoms with Gasteiger partial charge in [0, 0.05) is 11.6 Å². The van der Waals surface area contributed by atoms with E-state index in [4.69, 9.17) is 17.3 Å². The van der Waals surface area contributed by atoms with E-state index in [0.717, 1.165) is 10.6 Å². The standard InChI is InChI=1S/C12H10ClN5OS2/c13-6-1-2-9(15-3-6)18-12-17-8(5-20-12)10-7(4-19)16-11(14)21-10/h1-3,5,19H,4H2,(H2,14,16)(H,15,17,18). The summed E-state index contributed by atoms with van der Waals surface area (Å²) in [5, 5.41) is 15.9. The maximum absolute atomic E-state index is 9.29. The summed E-state index contributed by atoms with van der Waals surface area (Å²) in [4.78, 5) is 13.5. The summed E-state index contributed by atoms with van der Waals surface area (Å²) in [5.41, 5.74) is 6.94. The van der Waals surface area contributed by atoms with Gasteiger partial charge in [0.25, 0.3) is 0 Å². The Balaban J connectivity index is 1.84. The third-order valence-corrected chi connectivity index (χ3v) is 4.49. The number of nitrogens with zero attached hydrogens (tertiary/aromatic N) is 3. The van der Waals surface area contributed by atoms with Gasteiger partial charge in [-0.15, -0.1) is 11.3 Å². The number of nitrogen functional groups attached to an aromatic ring is 1. The lowest BCUT2D eigenvalue weighted by Crippen LogP contribution is -1.92. The van der Waals surface area contributed by atoms with Crippen molar-refractivity contribution >= 4 is 50.4 Å². The number of nitrogens with two attached hydrogens (primary N) is 1. The zero-order valence-electron chi connectivity index (χ0n) is 10.6. The molecule has 0 spiro atoms. The van der Waals surface area contributed by atoms with Crippen LogP contribution in [0.3, 0.4) is 0 Å². The van der Waals surface area contributed by atoms with Crippen LogP contribution >= 0.6 is 34.3 Å². The first kappa shape index (κ1) is 14.2. The molecule has 0 fully saturated rings. The van der Waals surface area contributed by atoms with Gasteiger partial charge in [0.15, 0.2) is 10.3 Å². The molecule has 0 aliphatic carbocycles. The van der Waals surface area contributed by atoms with Gasteiger partial charge < -0.3 is 16.2 Å². The van der Waals surface area contributed by atoms with E-state index in [1.54, 1.807) is 18.3 Å². The van der Waals surface area contributed by atoms with Crippen LogP contribution in [0.5, 0.6) is 0 Å². The van der Waals surface area contributed by atoms with Crippen LogP contribution in [0.2, 0.25) is 5.02 Å². The molecule has 3 rings (SSSR count). The maximum atomic E-state index is 9.29. The number of hydrogen-bond donors (Lipinski definition) is 3. The number of anilines is 3. The fourth-order valence-electron chi connectivity index (χ4n) is 1.67. The van der Waals surface area contributed by atoms with Gasteiger partial charge in [-0.3, -0.25) is 0 Å². The van der Waals surface area contributed by atoms with E-state index in [1.807, 2.05) is 5.38 Å². The van der Waals surface area contributed by atoms with Gasteiger partial charge in [0.05, 0.1) is 27.9 Å². The van der Waals surface area contributed by atoms with Crippen molar-refractivity contribution in [1.82, 2.24) is 15.0 Å². The van der Waals surface area contributed by atoms with Crippen molar-refractivity contribution in [2.75, 3.05) is 11.1 Å². The Labute approximate surface area is 133 Å². The first-order valence-electron chi connectivity index (χ1n) is 5.86. The van der Waals surface area contributed by atoms with E-state index >= 15 is 0 Å². The van der Waals surface area contributed by atoms with Crippen molar-refractivity contribution in [3.05, 3.63) is 34.4 Å². The van der Waals surface area contributed by atoms with E-state index in [-0.39, 0.29) is 6.61 Å². The third kappa shape index (κ3) is 3.13. The number of halogens is 1. The van der Waals surface area contributed by atoms with Gasteiger partial charge in [-0.2, -0.15) is 0 Å². The number of rotatable bonds is 4. The number of nitrogens with one attached hydrogen (secondary N) is 1. The molecule has 4 N–H and O–H groups in total. The molecule has 6 nitrogen and oxygen atoms in total. The second-order valence-electron chi connectivity index (χ2n) is 4.01. The van der Waals surface area contributed by atoms with Crippen LogP contribution in [0.15, 0.2) is 23.7 Å². The van der Waals surface area contributed by atoms with Crippen LogP contribution in [0.4, 0.5) is 16.1 Å². The van der Waals surface area contributed by atoms with Crippen molar-refractivity contribution in [3.8, 4) is 10.6 Å². The molecule has 9 heteroatoms. The minimum atomic E-state index is -0.165. The third-order valence-electron chi connectivity index (χ3n) is 2.56. The number of aliphatic hydroxyl groups excluding tert-OH is 1. The molecular weight excluding hydrogens is 330 g/mol. The van der Waals surface area contributed by atoms with Gasteiger partial charge >= 0.3 is 0 Å². The van der Waals surface area contributed by atoms with Crippen molar-refractivity contribution in [2.45, 2.75) is 6.61 Å². The Morgan fingerprint density at radius 2 is 2.19 bits per heavy atom. The lowest BCUT2D eigenvalue weighted by Gasteiger charge is -2.00. The summed E-state index contributed by atoms with van der Waals surface area (Å²) in [7, 11) is 0. The molecule has 3 aromatic rings. The van der Waals surface area contributed by atoms with Crippen LogP contribution in [0, 0.1) is 0 Å². The van der Waals surface area contributed by atoms with Crippen molar-refractivity contribution in [1.29, 1.82) is 0 Å². The molecule has 21 heavy (non-hydrogen) atoms. The van der Waals surface area contributed by atoms with Gasteiger partial charge in [-0.1, -0.05) is 22.9 Å². The molecule has 0 amide bonds. The normalized spacial score (nSPS) is 10.8. The smallest absolute Gasteiger partial charge is 0.188 e. The molecule has 0 radical (unpaired) electrons. The summed E-state index contributed by atoms with van der Waals surface area (Å²) in [5.74, 6) is 0.659. The van der Waals surface area contributed by atoms with Crippen molar-refractivity contribution < 1.29 is 5.11 Å². The monoisotopic (exact) mass is 339 g/mol. The largest absolute Gasteiger partial charge is 0.390 e. The summed E-state index contributed by atoms with van der Waals surface area (Å²) >= 11 is 8.53. The first-order chi connectivity index (χ1) is 10.2. The predicted molar refractivity (Wildman–Crippen MR) is 86.1 cm³/mol. The molecular formula is C12H10ClN5OS2. The lowest BCUT2D eigenvalue weighted by molar-refractivity contribution is 0.278. The first-order valence-corrected chi connectivity index (χ1v) is 7.93. The van der Waals surface area contributed by atoms with Gasteiger partial charge in [0.1, 0.15) is 5.82 Å². The number of aliphatic hydroxyl groups is 1. The van der Waals surface area contributed by atoms with Gasteiger partial charge in [-0.25, -0.2) is 15.0 Å². The topological polar surface area (TPSA) is 97.0 Å². The van der Waals surface area contributed by atoms with Crippen LogP contribution < -0.4 is 11.1 Å². The number of hydrogen-bond acceptors (Lipinski definition) is 8. The molecule has 3 aromatic heterocycles. The highest BCUT2D eigenvalue weighted by Crippen LogP contribution is 2.34. The van der Waals surface area contributed by atoms with Crippen LogP contribution in [0.1, 0.15) is 5.69 Å². The van der Waals surface area contributed by atoms with Gasteiger partial charge in [-0.05, 0) is 12.1 Å². The minimum Gasteiger partial charge on any atom is -0.390 e. The van der Waals surface area contributed by atoms with Crippen LogP contribution in [0.25, 0.3) is 10.6 Å². The number of pyridine rings is 1. The molecule has 0 atom stereocenters. The Hall–Kier alpha value is -1.74. The Morgan fingerprint density at radius 1 is 1.33 bits per heavy atom. The molecule has 0 bridgehead atoms. The quantitative estimate of drug-likeness (QED) is 0.675. The lowest BCUT2D eigenvalue weighted by atomic mass is 10.3. The average Bonchev–Trinajstić information content (AvgIpc) is 3.07. The Morgan fingerprint density at radius 3 is 2.90 bits per heavy atom. The van der Waals surface area contributed by atoms with E-state index in [2.05, 4.69) is 20.3 Å². The van der Waals surface area contributed by atoms with Crippen LogP contribution in [-0.2, 0) is 6.61 Å². The highest BCUT2D eigenvalue weighted by atomic mass is 35.5. The Bertz CT molecular complexity index is 755. The van der Waals surface area contributed by atoms with Gasteiger partial charge in [0.2, 0.25) is 0 Å². The fraction of sp³-hybridized carbons (Fsp3) is 0.0833. The zero-order chi connectivity index (χ0) is 14.8. The SMILES string of the molecule is Nc1nc(CO)c(-c2csc(Nc3ccc(Cl)cn3)n2)s1. The maximum Gasteiger partial charge on any atom is 0.188 e. The highest BCUT2D eigenvalue weighted by molar-refractivity contribution is 7.19. The molecule has 0 aliphatic rings. The summed E-state index contributed by atoms with van der Waals surface area (Å²) < 4.78 is 0. The molecule has 0 aromatic carbocycles. The van der Waals surface area contributed by atoms with E-state index in [1.165, 1.54) is 22.7 Å². The van der Waals surface area contributed by atoms with Crippen LogP contribution in [-0.4, -0.2) is 20.1 Å². The number of thiazole rings is 2. The second-order valence-corrected chi connectivity index (χ2v) is 6.34. The number of aromatic nitrogens is 3. The highest BCUT2D eigenvalue weighted by Gasteiger charge is 2.14. The molecule has 0 unspecified atom stereocenters. The zero-order valence-corrected chi connectivity index (χ0v) is 13.0. The molecule has 0 saturated carbocycles. The molecule has 0 aliphatic heterocycles. The summed E-state index contributed by atoms with van der Waals surface area (Å²) in [6.07, 6.45) is 1.56. The minimum absolute atomic E-state index is 0.165. The average molecular weight is 340 g/mol. The molecule has 0 saturated heterocycles. The van der Waals surface area contributed by atoms with E-state index in [0.29, 0.717) is 26.8 Å². The second kappa shape index (κ2) is 5.94. The van der Waals surface area contributed by atoms with E-state index < -0.39 is 0 Å². The van der Waals surface area contributed by atoms with Crippen molar-refractivity contribution in [2.24, 2.45) is 0 Å². The molecule has 108 valence electrons. The van der Waals surface area contributed by atoms with Crippen molar-refractivity contribution in [3.63, 3.8) is 0 Å². The predicted octanol–water partition coefficient (Wildman–Crippen LogP) is 3.13. The Kier molecular flexibility index (Phi) is 4.02. The molecule has 3 heterocycles. The summed E-state index contributed by atoms with van der Waals surface area (Å²) in [6.45, 7) is -0.165. The van der Waals surface area contributed by atoms with E-state index in [9.17, 15) is 5.11 Å².